The number of benzene rings is 2. The molecule has 2 aromatic carbocycles. The van der Waals surface area contributed by atoms with Gasteiger partial charge < -0.3 is 35.0 Å². The average molecular weight is 452 g/mol. The predicted molar refractivity (Wildman–Crippen MR) is 110 cm³/mol. The number of allylic oxidation sites excluding steroid dienone is 2. The van der Waals surface area contributed by atoms with Crippen molar-refractivity contribution < 1.29 is 46.5 Å². The molecule has 28 heavy (non-hydrogen) atoms. The molecule has 2 nitrogen and oxygen atoms in total. The summed E-state index contributed by atoms with van der Waals surface area (Å²) >= 11 is 0. The normalized spacial score (nSPS) is 13.4. The second kappa shape index (κ2) is 11.5. The monoisotopic (exact) mass is 451 g/mol. The summed E-state index contributed by atoms with van der Waals surface area (Å²) in [4.78, 5) is 2.22. The van der Waals surface area contributed by atoms with Crippen LogP contribution in [0, 0.1) is 0 Å². The van der Waals surface area contributed by atoms with E-state index in [1.165, 1.54) is 33.0 Å². The zero-order chi connectivity index (χ0) is 18.0. The van der Waals surface area contributed by atoms with E-state index < -0.39 is 0 Å². The fraction of sp³-hybridized carbons (Fsp3) is 0.391. The van der Waals surface area contributed by atoms with Crippen molar-refractivity contribution in [2.24, 2.45) is 0 Å². The van der Waals surface area contributed by atoms with Crippen LogP contribution >= 0.6 is 0 Å². The van der Waals surface area contributed by atoms with Crippen LogP contribution in [0.3, 0.4) is 0 Å². The Morgan fingerprint density at radius 2 is 1.68 bits per heavy atom. The predicted octanol–water partition coefficient (Wildman–Crippen LogP) is -0.207. The Morgan fingerprint density at radius 1 is 1.00 bits per heavy atom. The molecule has 0 unspecified atom stereocenters. The molecule has 0 atom stereocenters. The van der Waals surface area contributed by atoms with Crippen LogP contribution in [0.15, 0.2) is 54.1 Å². The average Bonchev–Trinajstić information content (AvgIpc) is 2.99. The van der Waals surface area contributed by atoms with Gasteiger partial charge >= 0.3 is 21.7 Å². The van der Waals surface area contributed by atoms with Crippen LogP contribution in [0.25, 0.3) is 21.7 Å². The molecule has 1 radical (unpaired) electrons. The molecule has 0 saturated heterocycles. The number of likely N-dealkylation sites (N-methyl/N-ethyl adjacent to an activating group) is 1. The van der Waals surface area contributed by atoms with Crippen LogP contribution in [0.4, 0.5) is 0 Å². The van der Waals surface area contributed by atoms with Gasteiger partial charge in [0.2, 0.25) is 0 Å². The Kier molecular flexibility index (Phi) is 11.3. The number of fused-ring (bicyclic) bond motifs is 1. The van der Waals surface area contributed by atoms with Gasteiger partial charge in [-0.15, -0.1) is 12.1 Å². The topological polar surface area (TPSA) is 17.3 Å². The summed E-state index contributed by atoms with van der Waals surface area (Å²) in [5, 5.41) is 7.55. The summed E-state index contributed by atoms with van der Waals surface area (Å²) in [7, 11) is 4.24. The summed E-state index contributed by atoms with van der Waals surface area (Å²) in [5.41, 5.74) is 5.52. The molecule has 5 heteroatoms. The van der Waals surface area contributed by atoms with Gasteiger partial charge in [-0.2, -0.15) is 0 Å². The molecule has 0 spiro atoms. The fourth-order valence-electron chi connectivity index (χ4n) is 3.37. The van der Waals surface area contributed by atoms with Crippen molar-refractivity contribution in [1.29, 1.82) is 0 Å². The Labute approximate surface area is 197 Å². The number of nitrogens with zero attached hydrogens (tertiary/aromatic N) is 2. The van der Waals surface area contributed by atoms with E-state index in [0.29, 0.717) is 0 Å². The Hall–Kier alpha value is -0.606. The van der Waals surface area contributed by atoms with Crippen LogP contribution in [-0.2, 0) is 28.3 Å². The van der Waals surface area contributed by atoms with E-state index in [1.54, 1.807) is 0 Å². The van der Waals surface area contributed by atoms with E-state index >= 15 is 0 Å². The quantitative estimate of drug-likeness (QED) is 0.575. The third kappa shape index (κ3) is 7.02. The molecule has 2 aromatic rings. The number of halogens is 2. The molecule has 1 aliphatic carbocycles. The van der Waals surface area contributed by atoms with E-state index in [4.69, 9.17) is 5.32 Å². The van der Waals surface area contributed by atoms with Crippen LogP contribution < -0.4 is 24.8 Å². The van der Waals surface area contributed by atoms with Gasteiger partial charge in [0, 0.05) is 6.54 Å². The standard InChI is InChI=1S/C23H29N2.2ClH.Ti/c1-23(2,3)24-15-22-20-9-7-6-8-18(20)12-13-21(22)19-11-10-17(14-19)16-25(4)5;;;/h6-10,12-14H,11,15-16H2,1-5H3;2*1H;/q-1;;;+3/p-2. The molecule has 1 aliphatic rings. The first-order valence-corrected chi connectivity index (χ1v) is 9.07. The molecule has 0 saturated carbocycles. The summed E-state index contributed by atoms with van der Waals surface area (Å²) in [6.07, 6.45) is 5.74. The molecule has 0 aromatic heterocycles. The largest absolute Gasteiger partial charge is 3.00 e. The van der Waals surface area contributed by atoms with E-state index in [0.717, 1.165) is 19.5 Å². The molecule has 0 fully saturated rings. The van der Waals surface area contributed by atoms with Crippen molar-refractivity contribution in [3.8, 4) is 0 Å². The maximum atomic E-state index is 4.92. The van der Waals surface area contributed by atoms with Gasteiger partial charge in [-0.1, -0.05) is 74.9 Å². The van der Waals surface area contributed by atoms with Crippen LogP contribution in [0.2, 0.25) is 0 Å². The first-order chi connectivity index (χ1) is 11.8. The molecule has 149 valence electrons. The van der Waals surface area contributed by atoms with Gasteiger partial charge in [0.25, 0.3) is 0 Å². The van der Waals surface area contributed by atoms with Crippen molar-refractivity contribution in [3.05, 3.63) is 70.6 Å². The van der Waals surface area contributed by atoms with Crippen molar-refractivity contribution in [2.75, 3.05) is 20.6 Å². The van der Waals surface area contributed by atoms with E-state index in [9.17, 15) is 0 Å². The maximum absolute atomic E-state index is 4.92. The van der Waals surface area contributed by atoms with Crippen LogP contribution in [0.5, 0.6) is 0 Å². The Morgan fingerprint density at radius 3 is 2.32 bits per heavy atom. The van der Waals surface area contributed by atoms with E-state index in [1.807, 2.05) is 0 Å². The third-order valence-corrected chi connectivity index (χ3v) is 4.54. The van der Waals surface area contributed by atoms with Crippen molar-refractivity contribution in [1.82, 2.24) is 4.90 Å². The zero-order valence-corrected chi connectivity index (χ0v) is 20.5. The molecule has 0 N–H and O–H groups in total. The van der Waals surface area contributed by atoms with Gasteiger partial charge in [0.1, 0.15) is 0 Å². The smallest absolute Gasteiger partial charge is 1.00 e. The van der Waals surface area contributed by atoms with Gasteiger partial charge in [-0.25, -0.2) is 0 Å². The summed E-state index contributed by atoms with van der Waals surface area (Å²) < 4.78 is 0. The molecule has 0 amide bonds. The minimum Gasteiger partial charge on any atom is -1.00 e. The van der Waals surface area contributed by atoms with Gasteiger partial charge in [-0.05, 0) is 48.0 Å². The maximum Gasteiger partial charge on any atom is 3.00 e. The van der Waals surface area contributed by atoms with Crippen LogP contribution in [0.1, 0.15) is 38.3 Å². The van der Waals surface area contributed by atoms with Crippen molar-refractivity contribution in [2.45, 2.75) is 39.3 Å². The Balaban J connectivity index is 0.00000243. The summed E-state index contributed by atoms with van der Waals surface area (Å²) in [6, 6.07) is 13.2. The van der Waals surface area contributed by atoms with E-state index in [2.05, 4.69) is 88.3 Å². The van der Waals surface area contributed by atoms with Crippen molar-refractivity contribution in [3.63, 3.8) is 0 Å². The summed E-state index contributed by atoms with van der Waals surface area (Å²) in [6.45, 7) is 8.27. The second-order valence-electron chi connectivity index (χ2n) is 8.19. The van der Waals surface area contributed by atoms with Crippen LogP contribution in [-0.4, -0.2) is 31.1 Å². The molecule has 0 bridgehead atoms. The van der Waals surface area contributed by atoms with Crippen molar-refractivity contribution >= 4 is 16.3 Å². The number of rotatable bonds is 5. The minimum absolute atomic E-state index is 0. The molecular formula is C23H29Cl2N2Ti. The minimum atomic E-state index is -0.0212. The molecular weight excluding hydrogens is 423 g/mol. The van der Waals surface area contributed by atoms with Gasteiger partial charge in [0.15, 0.2) is 0 Å². The second-order valence-corrected chi connectivity index (χ2v) is 8.19. The number of hydrogen-bond donors (Lipinski definition) is 0. The van der Waals surface area contributed by atoms with Gasteiger partial charge in [-0.3, -0.25) is 0 Å². The molecule has 0 aliphatic heterocycles. The first kappa shape index (κ1) is 27.4. The molecule has 3 rings (SSSR count). The first-order valence-electron chi connectivity index (χ1n) is 9.07. The third-order valence-electron chi connectivity index (χ3n) is 4.54. The SMILES string of the molecule is CN(C)CC1=CCC(c2ccc3ccccc3c2C[N-]C(C)(C)C)=C1.[Cl-].[Cl-].[Ti+3]. The Bertz CT molecular complexity index is 836. The van der Waals surface area contributed by atoms with E-state index in [-0.39, 0.29) is 52.1 Å². The summed E-state index contributed by atoms with van der Waals surface area (Å²) in [5.74, 6) is 0. The number of hydrogen-bond acceptors (Lipinski definition) is 1. The zero-order valence-electron chi connectivity index (χ0n) is 17.4. The molecule has 0 heterocycles. The fourth-order valence-corrected chi connectivity index (χ4v) is 3.37. The van der Waals surface area contributed by atoms with Gasteiger partial charge in [0.05, 0.1) is 0 Å².